The molecular weight excluding hydrogens is 306 g/mol. The molecule has 2 N–H and O–H groups in total. The first-order valence-electron chi connectivity index (χ1n) is 6.90. The Morgan fingerprint density at radius 2 is 1.77 bits per heavy atom. The maximum atomic E-state index is 13.3. The highest BCUT2D eigenvalue weighted by Crippen LogP contribution is 2.23. The number of rotatable bonds is 4. The normalized spacial score (nSPS) is 10.7. The fourth-order valence-electron chi connectivity index (χ4n) is 2.64. The van der Waals surface area contributed by atoms with Crippen LogP contribution in [-0.2, 0) is 13.0 Å². The zero-order chi connectivity index (χ0) is 14.8. The molecule has 3 aromatic rings. The molecule has 22 heavy (non-hydrogen) atoms. The molecule has 0 fully saturated rings. The largest absolute Gasteiger partial charge is 0.343 e. The smallest absolute Gasteiger partial charge is 0.159 e. The van der Waals surface area contributed by atoms with E-state index in [1.807, 2.05) is 29.0 Å². The van der Waals surface area contributed by atoms with E-state index in [0.29, 0.717) is 13.1 Å². The van der Waals surface area contributed by atoms with Crippen LogP contribution in [0.2, 0.25) is 0 Å². The molecule has 0 aliphatic heterocycles. The molecule has 0 radical (unpaired) electrons. The fraction of sp³-hybridized carbons (Fsp3) is 0.176. The Hall–Kier alpha value is -1.91. The predicted molar refractivity (Wildman–Crippen MR) is 87.4 cm³/mol. The Bertz CT molecular complexity index is 783. The van der Waals surface area contributed by atoms with Crippen LogP contribution in [-0.4, -0.2) is 11.1 Å². The first kappa shape index (κ1) is 16.5. The van der Waals surface area contributed by atoms with Gasteiger partial charge in [-0.05, 0) is 42.3 Å². The number of hydrogen-bond acceptors (Lipinski definition) is 1. The number of benzene rings is 2. The highest BCUT2D eigenvalue weighted by molar-refractivity contribution is 5.85. The SMILES string of the molecule is Cl.NCCc1cn(Cc2ccc(F)c(F)c2)c2ccccc12. The number of halogens is 3. The van der Waals surface area contributed by atoms with Crippen molar-refractivity contribution >= 4 is 23.3 Å². The molecule has 0 aliphatic carbocycles. The number of nitrogens with two attached hydrogens (primary N) is 1. The first-order chi connectivity index (χ1) is 10.2. The Kier molecular flexibility index (Phi) is 5.16. The number of aromatic nitrogens is 1. The van der Waals surface area contributed by atoms with Gasteiger partial charge in [-0.2, -0.15) is 0 Å². The molecule has 2 aromatic carbocycles. The summed E-state index contributed by atoms with van der Waals surface area (Å²) in [5.74, 6) is -1.63. The zero-order valence-corrected chi connectivity index (χ0v) is 12.7. The van der Waals surface area contributed by atoms with Crippen LogP contribution in [0.3, 0.4) is 0 Å². The molecule has 0 bridgehead atoms. The van der Waals surface area contributed by atoms with Crippen molar-refractivity contribution in [1.82, 2.24) is 4.57 Å². The van der Waals surface area contributed by atoms with Crippen molar-refractivity contribution in [3.8, 4) is 0 Å². The third-order valence-electron chi connectivity index (χ3n) is 3.62. The van der Waals surface area contributed by atoms with E-state index < -0.39 is 11.6 Å². The van der Waals surface area contributed by atoms with Gasteiger partial charge in [0.2, 0.25) is 0 Å². The molecule has 2 nitrogen and oxygen atoms in total. The van der Waals surface area contributed by atoms with Crippen LogP contribution < -0.4 is 5.73 Å². The van der Waals surface area contributed by atoms with Gasteiger partial charge in [0.15, 0.2) is 11.6 Å². The summed E-state index contributed by atoms with van der Waals surface area (Å²) in [5, 5.41) is 1.16. The van der Waals surface area contributed by atoms with Crippen molar-refractivity contribution in [2.45, 2.75) is 13.0 Å². The average molecular weight is 323 g/mol. The van der Waals surface area contributed by atoms with Crippen LogP contribution >= 0.6 is 12.4 Å². The minimum atomic E-state index is -0.820. The minimum absolute atomic E-state index is 0. The number of fused-ring (bicyclic) bond motifs is 1. The van der Waals surface area contributed by atoms with Gasteiger partial charge in [0.05, 0.1) is 0 Å². The van der Waals surface area contributed by atoms with Crippen LogP contribution in [0, 0.1) is 11.6 Å². The lowest BCUT2D eigenvalue weighted by molar-refractivity contribution is 0.506. The number of para-hydroxylation sites is 1. The van der Waals surface area contributed by atoms with Gasteiger partial charge < -0.3 is 10.3 Å². The van der Waals surface area contributed by atoms with Crippen LogP contribution in [0.5, 0.6) is 0 Å². The van der Waals surface area contributed by atoms with Gasteiger partial charge in [0.25, 0.3) is 0 Å². The summed E-state index contributed by atoms with van der Waals surface area (Å²) in [5.41, 5.74) is 8.63. The Labute approximate surface area is 134 Å². The van der Waals surface area contributed by atoms with Crippen molar-refractivity contribution in [2.75, 3.05) is 6.54 Å². The average Bonchev–Trinajstić information content (AvgIpc) is 2.82. The van der Waals surface area contributed by atoms with Gasteiger partial charge in [0, 0.05) is 23.6 Å². The summed E-state index contributed by atoms with van der Waals surface area (Å²) in [4.78, 5) is 0. The maximum Gasteiger partial charge on any atom is 0.159 e. The van der Waals surface area contributed by atoms with Crippen LogP contribution in [0.15, 0.2) is 48.7 Å². The lowest BCUT2D eigenvalue weighted by Gasteiger charge is -2.06. The van der Waals surface area contributed by atoms with E-state index in [4.69, 9.17) is 5.73 Å². The zero-order valence-electron chi connectivity index (χ0n) is 11.9. The maximum absolute atomic E-state index is 13.3. The van der Waals surface area contributed by atoms with Crippen LogP contribution in [0.4, 0.5) is 8.78 Å². The van der Waals surface area contributed by atoms with E-state index in [9.17, 15) is 8.78 Å². The summed E-state index contributed by atoms with van der Waals surface area (Å²) in [7, 11) is 0. The minimum Gasteiger partial charge on any atom is -0.343 e. The summed E-state index contributed by atoms with van der Waals surface area (Å²) < 4.78 is 28.4. The first-order valence-corrected chi connectivity index (χ1v) is 6.90. The third kappa shape index (κ3) is 3.13. The fourth-order valence-corrected chi connectivity index (χ4v) is 2.64. The summed E-state index contributed by atoms with van der Waals surface area (Å²) in [6.07, 6.45) is 2.84. The van der Waals surface area contributed by atoms with Gasteiger partial charge in [0.1, 0.15) is 0 Å². The van der Waals surface area contributed by atoms with E-state index in [2.05, 4.69) is 6.07 Å². The standard InChI is InChI=1S/C17H16F2N2.ClH/c18-15-6-5-12(9-16(15)19)10-21-11-13(7-8-20)14-3-1-2-4-17(14)21;/h1-6,9,11H,7-8,10,20H2;1H. The lowest BCUT2D eigenvalue weighted by atomic mass is 10.1. The molecule has 1 aromatic heterocycles. The van der Waals surface area contributed by atoms with Crippen molar-refractivity contribution in [2.24, 2.45) is 5.73 Å². The molecule has 0 atom stereocenters. The molecule has 3 rings (SSSR count). The molecule has 0 aliphatic rings. The quantitative estimate of drug-likeness (QED) is 0.776. The molecule has 0 amide bonds. The third-order valence-corrected chi connectivity index (χ3v) is 3.62. The number of hydrogen-bond donors (Lipinski definition) is 1. The Morgan fingerprint density at radius 3 is 2.50 bits per heavy atom. The highest BCUT2D eigenvalue weighted by Gasteiger charge is 2.09. The van der Waals surface area contributed by atoms with Gasteiger partial charge in [-0.1, -0.05) is 24.3 Å². The Morgan fingerprint density at radius 1 is 1.00 bits per heavy atom. The summed E-state index contributed by atoms with van der Waals surface area (Å²) >= 11 is 0. The van der Waals surface area contributed by atoms with Gasteiger partial charge >= 0.3 is 0 Å². The topological polar surface area (TPSA) is 30.9 Å². The second kappa shape index (κ2) is 6.90. The van der Waals surface area contributed by atoms with Crippen LogP contribution in [0.25, 0.3) is 10.9 Å². The van der Waals surface area contributed by atoms with Crippen molar-refractivity contribution in [3.63, 3.8) is 0 Å². The monoisotopic (exact) mass is 322 g/mol. The van der Waals surface area contributed by atoms with Gasteiger partial charge in [-0.3, -0.25) is 0 Å². The lowest BCUT2D eigenvalue weighted by Crippen LogP contribution is -2.02. The molecular formula is C17H17ClF2N2. The van der Waals surface area contributed by atoms with Gasteiger partial charge in [-0.25, -0.2) is 8.78 Å². The number of nitrogens with zero attached hydrogens (tertiary/aromatic N) is 1. The van der Waals surface area contributed by atoms with Crippen LogP contribution in [0.1, 0.15) is 11.1 Å². The summed E-state index contributed by atoms with van der Waals surface area (Å²) in [6.45, 7) is 1.08. The van der Waals surface area contributed by atoms with E-state index >= 15 is 0 Å². The molecule has 0 saturated carbocycles. The molecule has 116 valence electrons. The van der Waals surface area contributed by atoms with Gasteiger partial charge in [-0.15, -0.1) is 12.4 Å². The molecule has 0 unspecified atom stereocenters. The van der Waals surface area contributed by atoms with Crippen molar-refractivity contribution < 1.29 is 8.78 Å². The van der Waals surface area contributed by atoms with Crippen molar-refractivity contribution in [3.05, 3.63) is 71.4 Å². The van der Waals surface area contributed by atoms with E-state index in [1.165, 1.54) is 11.6 Å². The van der Waals surface area contributed by atoms with Crippen molar-refractivity contribution in [1.29, 1.82) is 0 Å². The summed E-state index contributed by atoms with van der Waals surface area (Å²) in [6, 6.07) is 12.1. The van der Waals surface area contributed by atoms with E-state index in [1.54, 1.807) is 6.07 Å². The van der Waals surface area contributed by atoms with E-state index in [0.717, 1.165) is 29.0 Å². The predicted octanol–water partition coefficient (Wildman–Crippen LogP) is 3.89. The van der Waals surface area contributed by atoms with E-state index in [-0.39, 0.29) is 12.4 Å². The Balaban J connectivity index is 0.00000176. The molecule has 0 spiro atoms. The second-order valence-corrected chi connectivity index (χ2v) is 5.09. The molecule has 5 heteroatoms. The second-order valence-electron chi connectivity index (χ2n) is 5.09. The molecule has 0 saturated heterocycles. The highest BCUT2D eigenvalue weighted by atomic mass is 35.5. The molecule has 1 heterocycles.